The van der Waals surface area contributed by atoms with E-state index in [1.807, 2.05) is 0 Å². The van der Waals surface area contributed by atoms with E-state index in [-0.39, 0.29) is 24.3 Å². The minimum atomic E-state index is -0.861. The molecule has 6 nitrogen and oxygen atoms in total. The predicted molar refractivity (Wildman–Crippen MR) is 97.1 cm³/mol. The summed E-state index contributed by atoms with van der Waals surface area (Å²) >= 11 is 0. The number of esters is 1. The van der Waals surface area contributed by atoms with Gasteiger partial charge in [-0.05, 0) is 56.9 Å². The summed E-state index contributed by atoms with van der Waals surface area (Å²) in [5.74, 6) is -0.0250. The molecular weight excluding hydrogens is 334 g/mol. The lowest BCUT2D eigenvalue weighted by Gasteiger charge is -2.30. The fourth-order valence-electron chi connectivity index (χ4n) is 3.04. The van der Waals surface area contributed by atoms with Crippen LogP contribution in [0.25, 0.3) is 0 Å². The van der Waals surface area contributed by atoms with E-state index in [9.17, 15) is 14.4 Å². The molecule has 0 radical (unpaired) electrons. The highest BCUT2D eigenvalue weighted by Crippen LogP contribution is 2.23. The molecule has 1 saturated carbocycles. The molecule has 0 saturated heterocycles. The van der Waals surface area contributed by atoms with Crippen LogP contribution in [0.1, 0.15) is 56.8 Å². The van der Waals surface area contributed by atoms with Crippen LogP contribution in [0.3, 0.4) is 0 Å². The van der Waals surface area contributed by atoms with E-state index in [1.54, 1.807) is 31.2 Å². The average molecular weight is 361 g/mol. The van der Waals surface area contributed by atoms with Gasteiger partial charge in [0.2, 0.25) is 0 Å². The molecule has 1 aromatic carbocycles. The van der Waals surface area contributed by atoms with E-state index >= 15 is 0 Å². The minimum absolute atomic E-state index is 0.0388. The molecule has 1 aliphatic carbocycles. The molecule has 1 aromatic rings. The van der Waals surface area contributed by atoms with Crippen molar-refractivity contribution >= 4 is 17.7 Å². The van der Waals surface area contributed by atoms with Crippen LogP contribution in [-0.4, -0.2) is 36.4 Å². The van der Waals surface area contributed by atoms with Crippen molar-refractivity contribution in [2.24, 2.45) is 5.92 Å². The van der Waals surface area contributed by atoms with Gasteiger partial charge in [0.15, 0.2) is 18.5 Å². The molecule has 0 unspecified atom stereocenters. The van der Waals surface area contributed by atoms with Crippen LogP contribution < -0.4 is 10.1 Å². The number of hydrogen-bond acceptors (Lipinski definition) is 5. The molecule has 0 bridgehead atoms. The molecule has 0 spiro atoms. The monoisotopic (exact) mass is 361 g/mol. The number of amides is 1. The standard InChI is InChI=1S/C20H27NO5/c1-13-6-4-5-7-18(13)21-20(24)15(3)26-19(23)12-25-17-10-8-16(9-11-17)14(2)22/h8-11,13,15,18H,4-7,12H2,1-3H3,(H,21,24)/t13-,15-,18-/m0/s1. The molecule has 1 fully saturated rings. The summed E-state index contributed by atoms with van der Waals surface area (Å²) in [5.41, 5.74) is 0.571. The Labute approximate surface area is 154 Å². The molecule has 1 aliphatic rings. The zero-order chi connectivity index (χ0) is 19.1. The Morgan fingerprint density at radius 1 is 1.15 bits per heavy atom. The summed E-state index contributed by atoms with van der Waals surface area (Å²) in [6.07, 6.45) is 3.52. The maximum absolute atomic E-state index is 12.2. The smallest absolute Gasteiger partial charge is 0.344 e. The first-order valence-corrected chi connectivity index (χ1v) is 9.10. The van der Waals surface area contributed by atoms with Crippen molar-refractivity contribution in [1.29, 1.82) is 0 Å². The van der Waals surface area contributed by atoms with Crippen LogP contribution in [-0.2, 0) is 14.3 Å². The number of nitrogens with one attached hydrogen (secondary N) is 1. The second-order valence-corrected chi connectivity index (χ2v) is 6.88. The van der Waals surface area contributed by atoms with E-state index in [1.165, 1.54) is 13.3 Å². The van der Waals surface area contributed by atoms with Crippen molar-refractivity contribution in [3.05, 3.63) is 29.8 Å². The van der Waals surface area contributed by atoms with Crippen LogP contribution in [0.15, 0.2) is 24.3 Å². The van der Waals surface area contributed by atoms with Gasteiger partial charge in [-0.1, -0.05) is 19.8 Å². The largest absolute Gasteiger partial charge is 0.482 e. The van der Waals surface area contributed by atoms with Crippen molar-refractivity contribution in [3.63, 3.8) is 0 Å². The first kappa shape index (κ1) is 19.9. The number of Topliss-reactive ketones (excluding diaryl/α,β-unsaturated/α-hetero) is 1. The fourth-order valence-corrected chi connectivity index (χ4v) is 3.04. The van der Waals surface area contributed by atoms with Crippen molar-refractivity contribution in [1.82, 2.24) is 5.32 Å². The van der Waals surface area contributed by atoms with Gasteiger partial charge in [-0.15, -0.1) is 0 Å². The van der Waals surface area contributed by atoms with E-state index in [0.29, 0.717) is 17.2 Å². The van der Waals surface area contributed by atoms with Crippen molar-refractivity contribution in [2.45, 2.75) is 58.6 Å². The fraction of sp³-hybridized carbons (Fsp3) is 0.550. The second-order valence-electron chi connectivity index (χ2n) is 6.88. The van der Waals surface area contributed by atoms with Crippen molar-refractivity contribution < 1.29 is 23.9 Å². The van der Waals surface area contributed by atoms with Gasteiger partial charge in [-0.3, -0.25) is 9.59 Å². The Kier molecular flexibility index (Phi) is 7.18. The number of hydrogen-bond donors (Lipinski definition) is 1. The van der Waals surface area contributed by atoms with Gasteiger partial charge >= 0.3 is 5.97 Å². The number of benzene rings is 1. The van der Waals surface area contributed by atoms with Gasteiger partial charge in [0, 0.05) is 11.6 Å². The van der Waals surface area contributed by atoms with E-state index in [4.69, 9.17) is 9.47 Å². The first-order chi connectivity index (χ1) is 12.4. The van der Waals surface area contributed by atoms with Crippen LogP contribution in [0.2, 0.25) is 0 Å². The van der Waals surface area contributed by atoms with Gasteiger partial charge in [-0.25, -0.2) is 4.79 Å². The number of ketones is 1. The highest BCUT2D eigenvalue weighted by Gasteiger charge is 2.26. The van der Waals surface area contributed by atoms with Crippen molar-refractivity contribution in [2.75, 3.05) is 6.61 Å². The van der Waals surface area contributed by atoms with Gasteiger partial charge in [0.05, 0.1) is 0 Å². The average Bonchev–Trinajstić information content (AvgIpc) is 2.62. The zero-order valence-electron chi connectivity index (χ0n) is 15.6. The van der Waals surface area contributed by atoms with E-state index in [2.05, 4.69) is 12.2 Å². The summed E-state index contributed by atoms with van der Waals surface area (Å²) in [6, 6.07) is 6.64. The summed E-state index contributed by atoms with van der Waals surface area (Å²) < 4.78 is 10.5. The summed E-state index contributed by atoms with van der Waals surface area (Å²) in [6.45, 7) is 4.87. The molecular formula is C20H27NO5. The predicted octanol–water partition coefficient (Wildman–Crippen LogP) is 2.89. The minimum Gasteiger partial charge on any atom is -0.482 e. The quantitative estimate of drug-likeness (QED) is 0.596. The van der Waals surface area contributed by atoms with Crippen LogP contribution in [0.4, 0.5) is 0 Å². The Hall–Kier alpha value is -2.37. The molecule has 3 atom stereocenters. The normalized spacial score (nSPS) is 20.7. The molecule has 26 heavy (non-hydrogen) atoms. The molecule has 1 amide bonds. The first-order valence-electron chi connectivity index (χ1n) is 9.10. The number of ether oxygens (including phenoxy) is 2. The topological polar surface area (TPSA) is 81.7 Å². The van der Waals surface area contributed by atoms with Crippen molar-refractivity contribution in [3.8, 4) is 5.75 Å². The van der Waals surface area contributed by atoms with Gasteiger partial charge in [0.25, 0.3) is 5.91 Å². The molecule has 0 aromatic heterocycles. The highest BCUT2D eigenvalue weighted by atomic mass is 16.6. The van der Waals surface area contributed by atoms with Crippen LogP contribution in [0.5, 0.6) is 5.75 Å². The maximum Gasteiger partial charge on any atom is 0.344 e. The van der Waals surface area contributed by atoms with Gasteiger partial charge < -0.3 is 14.8 Å². The Morgan fingerprint density at radius 2 is 1.81 bits per heavy atom. The SMILES string of the molecule is CC(=O)c1ccc(OCC(=O)O[C@@H](C)C(=O)N[C@H]2CCCC[C@@H]2C)cc1. The maximum atomic E-state index is 12.2. The molecule has 0 heterocycles. The Morgan fingerprint density at radius 3 is 2.42 bits per heavy atom. The van der Waals surface area contributed by atoms with Crippen LogP contribution >= 0.6 is 0 Å². The van der Waals surface area contributed by atoms with Crippen LogP contribution in [0, 0.1) is 5.92 Å². The molecule has 0 aliphatic heterocycles. The summed E-state index contributed by atoms with van der Waals surface area (Å²) in [5, 5.41) is 2.98. The molecule has 1 N–H and O–H groups in total. The van der Waals surface area contributed by atoms with E-state index < -0.39 is 12.1 Å². The third-order valence-electron chi connectivity index (χ3n) is 4.73. The molecule has 2 rings (SSSR count). The highest BCUT2D eigenvalue weighted by molar-refractivity contribution is 5.94. The second kappa shape index (κ2) is 9.36. The number of rotatable bonds is 7. The lowest BCUT2D eigenvalue weighted by molar-refractivity contribution is -0.157. The van der Waals surface area contributed by atoms with Gasteiger partial charge in [0.1, 0.15) is 5.75 Å². The molecule has 142 valence electrons. The Bertz CT molecular complexity index is 640. The molecule has 6 heteroatoms. The van der Waals surface area contributed by atoms with E-state index in [0.717, 1.165) is 19.3 Å². The zero-order valence-corrected chi connectivity index (χ0v) is 15.6. The summed E-state index contributed by atoms with van der Waals surface area (Å²) in [4.78, 5) is 35.3. The summed E-state index contributed by atoms with van der Waals surface area (Å²) in [7, 11) is 0. The lowest BCUT2D eigenvalue weighted by Crippen LogP contribution is -2.46. The third-order valence-corrected chi connectivity index (χ3v) is 4.73. The third kappa shape index (κ3) is 5.86. The lowest BCUT2D eigenvalue weighted by atomic mass is 9.86. The Balaban J connectivity index is 1.75. The van der Waals surface area contributed by atoms with Gasteiger partial charge in [-0.2, -0.15) is 0 Å². The number of carbonyl (C=O) groups is 3. The number of carbonyl (C=O) groups excluding carboxylic acids is 3.